The van der Waals surface area contributed by atoms with E-state index in [1.807, 2.05) is 24.3 Å². The highest BCUT2D eigenvalue weighted by Crippen LogP contribution is 2.52. The predicted molar refractivity (Wildman–Crippen MR) is 151 cm³/mol. The van der Waals surface area contributed by atoms with Gasteiger partial charge in [0.1, 0.15) is 47.8 Å². The molecule has 2 aliphatic heterocycles. The molecule has 3 heterocycles. The van der Waals surface area contributed by atoms with Crippen molar-refractivity contribution in [3.8, 4) is 0 Å². The number of hydrogen-bond acceptors (Lipinski definition) is 9. The van der Waals surface area contributed by atoms with E-state index in [4.69, 9.17) is 28.1 Å². The summed E-state index contributed by atoms with van der Waals surface area (Å²) in [6.45, 7) is 1.78. The van der Waals surface area contributed by atoms with Gasteiger partial charge in [0.05, 0.1) is 22.7 Å². The number of aliphatic hydroxyl groups excluding tert-OH is 1. The molecule has 8 rings (SSSR count). The molecule has 2 aromatic carbocycles. The van der Waals surface area contributed by atoms with Crippen molar-refractivity contribution in [2.75, 3.05) is 0 Å². The Morgan fingerprint density at radius 3 is 2.10 bits per heavy atom. The zero-order chi connectivity index (χ0) is 28.6. The molecule has 0 radical (unpaired) electrons. The molecule has 42 heavy (non-hydrogen) atoms. The molecule has 3 aromatic rings. The maximum absolute atomic E-state index is 12.2. The number of rotatable bonds is 4. The van der Waals surface area contributed by atoms with E-state index in [9.17, 15) is 15.2 Å². The number of nitro benzene ring substituents is 1. The first-order valence-corrected chi connectivity index (χ1v) is 15.5. The molecule has 0 amide bonds. The molecule has 1 aromatic heterocycles. The Labute approximate surface area is 243 Å². The number of ether oxygens (including phenoxy) is 5. The van der Waals surface area contributed by atoms with Crippen LogP contribution in [0.1, 0.15) is 82.8 Å². The van der Waals surface area contributed by atoms with Crippen molar-refractivity contribution in [1.29, 1.82) is 0 Å². The highest BCUT2D eigenvalue weighted by Gasteiger charge is 2.66. The summed E-state index contributed by atoms with van der Waals surface area (Å²) in [4.78, 5) is 11.8. The van der Waals surface area contributed by atoms with Crippen molar-refractivity contribution in [3.05, 3.63) is 52.1 Å². The maximum atomic E-state index is 12.2. The molecule has 5 fully saturated rings. The van der Waals surface area contributed by atoms with Crippen molar-refractivity contribution in [1.82, 2.24) is 0 Å². The first-order chi connectivity index (χ1) is 20.4. The van der Waals surface area contributed by atoms with E-state index < -0.39 is 59.2 Å². The molecule has 7 unspecified atom stereocenters. The quantitative estimate of drug-likeness (QED) is 0.284. The Morgan fingerprint density at radius 1 is 0.833 bits per heavy atom. The Balaban J connectivity index is 1.15. The van der Waals surface area contributed by atoms with Gasteiger partial charge in [0.15, 0.2) is 11.6 Å². The minimum Gasteiger partial charge on any atom is -0.456 e. The van der Waals surface area contributed by atoms with Gasteiger partial charge in [-0.1, -0.05) is 31.0 Å². The molecule has 10 heteroatoms. The lowest BCUT2D eigenvalue weighted by atomic mass is 9.84. The smallest absolute Gasteiger partial charge is 0.278 e. The molecule has 2 saturated heterocycles. The number of para-hydroxylation sites is 1. The topological polar surface area (TPSA) is 123 Å². The summed E-state index contributed by atoms with van der Waals surface area (Å²) in [5.41, 5.74) is 1.42. The van der Waals surface area contributed by atoms with E-state index in [1.165, 1.54) is 6.07 Å². The molecule has 10 nitrogen and oxygen atoms in total. The number of benzene rings is 2. The number of nitro groups is 1. The molecule has 7 atom stereocenters. The van der Waals surface area contributed by atoms with E-state index in [2.05, 4.69) is 0 Å². The van der Waals surface area contributed by atoms with Crippen LogP contribution in [-0.4, -0.2) is 58.2 Å². The molecular formula is C32H37NO9. The van der Waals surface area contributed by atoms with Crippen LogP contribution in [0.5, 0.6) is 0 Å². The molecule has 1 N–H and O–H groups in total. The highest BCUT2D eigenvalue weighted by atomic mass is 16.8. The molecule has 3 aliphatic carbocycles. The van der Waals surface area contributed by atoms with Gasteiger partial charge >= 0.3 is 0 Å². The average molecular weight is 580 g/mol. The molecule has 2 spiro atoms. The van der Waals surface area contributed by atoms with Gasteiger partial charge in [-0.3, -0.25) is 10.1 Å². The third kappa shape index (κ3) is 4.22. The van der Waals surface area contributed by atoms with E-state index in [0.717, 1.165) is 75.0 Å². The van der Waals surface area contributed by atoms with Gasteiger partial charge in [-0.15, -0.1) is 0 Å². The van der Waals surface area contributed by atoms with Crippen molar-refractivity contribution in [3.63, 3.8) is 0 Å². The summed E-state index contributed by atoms with van der Waals surface area (Å²) in [5.74, 6) is -1.46. The summed E-state index contributed by atoms with van der Waals surface area (Å²) in [6, 6.07) is 10.8. The summed E-state index contributed by atoms with van der Waals surface area (Å²) in [6.07, 6.45) is 4.62. The lowest BCUT2D eigenvalue weighted by Crippen LogP contribution is -2.62. The summed E-state index contributed by atoms with van der Waals surface area (Å²) in [7, 11) is 0. The van der Waals surface area contributed by atoms with E-state index in [1.54, 1.807) is 13.0 Å². The van der Waals surface area contributed by atoms with E-state index >= 15 is 0 Å². The molecule has 3 saturated carbocycles. The van der Waals surface area contributed by atoms with Gasteiger partial charge in [0.25, 0.3) is 5.69 Å². The van der Waals surface area contributed by atoms with E-state index in [-0.39, 0.29) is 5.69 Å². The highest BCUT2D eigenvalue weighted by molar-refractivity contribution is 6.05. The zero-order valence-electron chi connectivity index (χ0n) is 23.7. The first-order valence-electron chi connectivity index (χ1n) is 15.5. The van der Waals surface area contributed by atoms with Crippen LogP contribution in [-0.2, 0) is 23.7 Å². The fraction of sp³-hybridized carbons (Fsp3) is 0.625. The summed E-state index contributed by atoms with van der Waals surface area (Å²) in [5, 5.41) is 25.7. The van der Waals surface area contributed by atoms with Crippen LogP contribution in [0.15, 0.2) is 40.8 Å². The number of hydrogen-bond donors (Lipinski definition) is 1. The van der Waals surface area contributed by atoms with Gasteiger partial charge in [0, 0.05) is 36.5 Å². The fourth-order valence-electron chi connectivity index (χ4n) is 8.10. The largest absolute Gasteiger partial charge is 0.456 e. The molecule has 224 valence electrons. The lowest BCUT2D eigenvalue weighted by Gasteiger charge is -2.41. The Bertz CT molecular complexity index is 1510. The van der Waals surface area contributed by atoms with Crippen LogP contribution < -0.4 is 0 Å². The van der Waals surface area contributed by atoms with Gasteiger partial charge in [0.2, 0.25) is 0 Å². The number of furan rings is 1. The second-order valence-electron chi connectivity index (χ2n) is 12.8. The first kappa shape index (κ1) is 27.0. The molecule has 5 aliphatic rings. The van der Waals surface area contributed by atoms with Crippen LogP contribution in [0, 0.1) is 10.1 Å². The van der Waals surface area contributed by atoms with Gasteiger partial charge < -0.3 is 33.2 Å². The normalized spacial score (nSPS) is 34.1. The maximum Gasteiger partial charge on any atom is 0.278 e. The number of nitrogens with zero attached hydrogens (tertiary/aromatic N) is 1. The van der Waals surface area contributed by atoms with Gasteiger partial charge in [-0.05, 0) is 44.7 Å². The minimum atomic E-state index is -1.06. The SMILES string of the molecule is CC(OC1C(O)C2OC3(CCCCC3)OC2C2OC3(CCCCC3)OC12)c1cc2c(cc1[N+](=O)[O-])oc1ccccc12. The predicted octanol–water partition coefficient (Wildman–Crippen LogP) is 6.20. The van der Waals surface area contributed by atoms with Crippen molar-refractivity contribution in [2.24, 2.45) is 0 Å². The number of fused-ring (bicyclic) bond motifs is 6. The van der Waals surface area contributed by atoms with Crippen LogP contribution in [0.4, 0.5) is 5.69 Å². The van der Waals surface area contributed by atoms with Crippen molar-refractivity contribution >= 4 is 27.6 Å². The third-order valence-electron chi connectivity index (χ3n) is 10.1. The molecular weight excluding hydrogens is 542 g/mol. The Hall–Kier alpha value is -2.60. The molecule has 0 bridgehead atoms. The van der Waals surface area contributed by atoms with Gasteiger partial charge in [-0.2, -0.15) is 0 Å². The Morgan fingerprint density at radius 2 is 1.43 bits per heavy atom. The Kier molecular flexibility index (Phi) is 6.41. The number of aliphatic hydroxyl groups is 1. The standard InChI is InChI=1S/C32H37NO9/c1-18(20-16-21-19-10-4-5-11-23(19)38-24(21)17-22(20)33(35)36)37-26-25(34)27-29(41-31(39-27)12-6-2-7-13-31)30-28(26)40-32(42-30)14-8-3-9-15-32/h4-5,10-11,16-18,25-30,34H,2-3,6-9,12-15H2,1H3. The zero-order valence-corrected chi connectivity index (χ0v) is 23.7. The second-order valence-corrected chi connectivity index (χ2v) is 12.8. The van der Waals surface area contributed by atoms with Crippen LogP contribution in [0.2, 0.25) is 0 Å². The minimum absolute atomic E-state index is 0.0947. The van der Waals surface area contributed by atoms with E-state index in [0.29, 0.717) is 16.7 Å². The second kappa shape index (κ2) is 9.97. The summed E-state index contributed by atoms with van der Waals surface area (Å²) >= 11 is 0. The van der Waals surface area contributed by atoms with Crippen LogP contribution in [0.3, 0.4) is 0 Å². The van der Waals surface area contributed by atoms with Crippen LogP contribution >= 0.6 is 0 Å². The average Bonchev–Trinajstić information content (AvgIpc) is 3.67. The summed E-state index contributed by atoms with van der Waals surface area (Å²) < 4.78 is 39.2. The monoisotopic (exact) mass is 579 g/mol. The van der Waals surface area contributed by atoms with Crippen LogP contribution in [0.25, 0.3) is 21.9 Å². The third-order valence-corrected chi connectivity index (χ3v) is 10.1. The van der Waals surface area contributed by atoms with Gasteiger partial charge in [-0.25, -0.2) is 0 Å². The van der Waals surface area contributed by atoms with Crippen molar-refractivity contribution in [2.45, 2.75) is 125 Å². The fourth-order valence-corrected chi connectivity index (χ4v) is 8.10. The van der Waals surface area contributed by atoms with Crippen molar-refractivity contribution < 1.29 is 38.1 Å². The lowest BCUT2D eigenvalue weighted by molar-refractivity contribution is -0.386.